The molecular formula is C28H38F3N7O2. The SMILES string of the molecule is CC(C)NC(=O)[C@H]1CCC[C@H]1Nc1nc(Nc2ccc(C(=O)NCCN3CCCCC3)cc2)ncc1C(F)(F)F. The highest BCUT2D eigenvalue weighted by molar-refractivity contribution is 5.94. The Kier molecular flexibility index (Phi) is 9.83. The predicted octanol–water partition coefficient (Wildman–Crippen LogP) is 4.56. The summed E-state index contributed by atoms with van der Waals surface area (Å²) in [4.78, 5) is 35.5. The summed E-state index contributed by atoms with van der Waals surface area (Å²) < 4.78 is 41.3. The molecule has 1 aliphatic carbocycles. The third-order valence-electron chi connectivity index (χ3n) is 7.27. The van der Waals surface area contributed by atoms with Crippen LogP contribution >= 0.6 is 0 Å². The molecule has 12 heteroatoms. The second-order valence-electron chi connectivity index (χ2n) is 10.8. The number of rotatable bonds is 10. The maximum Gasteiger partial charge on any atom is 0.421 e. The highest BCUT2D eigenvalue weighted by atomic mass is 19.4. The Bertz CT molecular complexity index is 1150. The van der Waals surface area contributed by atoms with Crippen molar-refractivity contribution >= 4 is 29.3 Å². The van der Waals surface area contributed by atoms with Crippen LogP contribution in [0.1, 0.15) is 68.3 Å². The molecule has 218 valence electrons. The van der Waals surface area contributed by atoms with Gasteiger partial charge in [-0.2, -0.15) is 18.2 Å². The number of piperidine rings is 1. The predicted molar refractivity (Wildman–Crippen MR) is 147 cm³/mol. The van der Waals surface area contributed by atoms with Crippen molar-refractivity contribution in [1.29, 1.82) is 0 Å². The van der Waals surface area contributed by atoms with Gasteiger partial charge in [0.2, 0.25) is 11.9 Å². The zero-order valence-corrected chi connectivity index (χ0v) is 23.0. The number of carbonyl (C=O) groups is 2. The molecule has 9 nitrogen and oxygen atoms in total. The van der Waals surface area contributed by atoms with Gasteiger partial charge in [-0.15, -0.1) is 0 Å². The van der Waals surface area contributed by atoms with Gasteiger partial charge in [0.05, 0.1) is 5.92 Å². The van der Waals surface area contributed by atoms with Crippen LogP contribution in [0.2, 0.25) is 0 Å². The topological polar surface area (TPSA) is 111 Å². The molecule has 0 radical (unpaired) electrons. The largest absolute Gasteiger partial charge is 0.421 e. The first-order valence-electron chi connectivity index (χ1n) is 14.0. The molecule has 4 N–H and O–H groups in total. The Labute approximate surface area is 232 Å². The summed E-state index contributed by atoms with van der Waals surface area (Å²) in [5.41, 5.74) is 0.00186. The van der Waals surface area contributed by atoms with Crippen LogP contribution in [0.25, 0.3) is 0 Å². The molecule has 0 spiro atoms. The van der Waals surface area contributed by atoms with Crippen molar-refractivity contribution in [2.24, 2.45) is 5.92 Å². The summed E-state index contributed by atoms with van der Waals surface area (Å²) in [7, 11) is 0. The summed E-state index contributed by atoms with van der Waals surface area (Å²) in [5.74, 6) is -1.22. The highest BCUT2D eigenvalue weighted by Crippen LogP contribution is 2.36. The molecule has 0 unspecified atom stereocenters. The van der Waals surface area contributed by atoms with Gasteiger partial charge in [-0.05, 0) is 76.9 Å². The number of halogens is 3. The van der Waals surface area contributed by atoms with Gasteiger partial charge in [-0.1, -0.05) is 12.8 Å². The number of likely N-dealkylation sites (tertiary alicyclic amines) is 1. The number of benzene rings is 1. The minimum atomic E-state index is -4.67. The Morgan fingerprint density at radius 1 is 1.05 bits per heavy atom. The van der Waals surface area contributed by atoms with Crippen LogP contribution in [-0.4, -0.2) is 64.9 Å². The van der Waals surface area contributed by atoms with E-state index in [1.807, 2.05) is 13.8 Å². The first-order chi connectivity index (χ1) is 19.1. The molecule has 1 aromatic heterocycles. The molecule has 2 fully saturated rings. The lowest BCUT2D eigenvalue weighted by molar-refractivity contribution is -0.137. The first kappa shape index (κ1) is 29.6. The van der Waals surface area contributed by atoms with Crippen molar-refractivity contribution in [3.05, 3.63) is 41.6 Å². The molecule has 2 aromatic rings. The average molecular weight is 562 g/mol. The summed E-state index contributed by atoms with van der Waals surface area (Å²) >= 11 is 0. The van der Waals surface area contributed by atoms with Crippen molar-refractivity contribution in [3.63, 3.8) is 0 Å². The lowest BCUT2D eigenvalue weighted by Gasteiger charge is -2.26. The molecule has 2 heterocycles. The van der Waals surface area contributed by atoms with Crippen LogP contribution in [0.4, 0.5) is 30.6 Å². The number of amides is 2. The van der Waals surface area contributed by atoms with Gasteiger partial charge in [0.25, 0.3) is 5.91 Å². The second kappa shape index (κ2) is 13.3. The Hall–Kier alpha value is -3.41. The van der Waals surface area contributed by atoms with Crippen LogP contribution in [0, 0.1) is 5.92 Å². The molecule has 1 saturated heterocycles. The van der Waals surface area contributed by atoms with E-state index in [0.29, 0.717) is 30.6 Å². The van der Waals surface area contributed by atoms with E-state index < -0.39 is 23.7 Å². The quantitative estimate of drug-likeness (QED) is 0.337. The van der Waals surface area contributed by atoms with E-state index in [-0.39, 0.29) is 29.6 Å². The molecule has 2 amide bonds. The van der Waals surface area contributed by atoms with Crippen molar-refractivity contribution in [2.45, 2.75) is 70.6 Å². The lowest BCUT2D eigenvalue weighted by atomic mass is 10.0. The zero-order chi connectivity index (χ0) is 28.7. The van der Waals surface area contributed by atoms with Gasteiger partial charge in [0, 0.05) is 42.6 Å². The fraction of sp³-hybridized carbons (Fsp3) is 0.571. The molecule has 1 aliphatic heterocycles. The van der Waals surface area contributed by atoms with Crippen molar-refractivity contribution in [3.8, 4) is 0 Å². The van der Waals surface area contributed by atoms with Crippen molar-refractivity contribution in [2.75, 3.05) is 36.8 Å². The Balaban J connectivity index is 1.40. The average Bonchev–Trinajstić information content (AvgIpc) is 3.37. The molecule has 4 rings (SSSR count). The molecule has 1 saturated carbocycles. The van der Waals surface area contributed by atoms with E-state index in [2.05, 4.69) is 36.1 Å². The molecule has 2 atom stereocenters. The number of alkyl halides is 3. The summed E-state index contributed by atoms with van der Waals surface area (Å²) in [6, 6.07) is 6.03. The maximum atomic E-state index is 13.8. The van der Waals surface area contributed by atoms with Crippen LogP contribution in [-0.2, 0) is 11.0 Å². The third kappa shape index (κ3) is 8.06. The molecule has 1 aromatic carbocycles. The third-order valence-corrected chi connectivity index (χ3v) is 7.27. The Morgan fingerprint density at radius 3 is 2.45 bits per heavy atom. The smallest absolute Gasteiger partial charge is 0.366 e. The van der Waals surface area contributed by atoms with E-state index in [1.54, 1.807) is 24.3 Å². The Morgan fingerprint density at radius 2 is 1.77 bits per heavy atom. The lowest BCUT2D eigenvalue weighted by Crippen LogP contribution is -2.41. The molecule has 2 aliphatic rings. The van der Waals surface area contributed by atoms with Crippen molar-refractivity contribution < 1.29 is 22.8 Å². The molecule has 0 bridgehead atoms. The van der Waals surface area contributed by atoms with Gasteiger partial charge in [0.15, 0.2) is 0 Å². The fourth-order valence-electron chi connectivity index (χ4n) is 5.22. The highest BCUT2D eigenvalue weighted by Gasteiger charge is 2.39. The van der Waals surface area contributed by atoms with Crippen molar-refractivity contribution in [1.82, 2.24) is 25.5 Å². The van der Waals surface area contributed by atoms with E-state index in [0.717, 1.165) is 32.3 Å². The number of nitrogens with one attached hydrogen (secondary N) is 4. The standard InChI is InChI=1S/C28H38F3N7O2/c1-18(2)34-26(40)21-7-6-8-23(21)36-24-22(28(29,30)31)17-33-27(37-24)35-20-11-9-19(10-12-20)25(39)32-13-16-38-14-4-3-5-15-38/h9-12,17-18,21,23H,3-8,13-16H2,1-2H3,(H,32,39)(H,34,40)(H2,33,35,36,37)/t21-,23+/m0/s1. The summed E-state index contributed by atoms with van der Waals surface area (Å²) in [6.45, 7) is 7.19. The summed E-state index contributed by atoms with van der Waals surface area (Å²) in [6.07, 6.45) is 1.59. The van der Waals surface area contributed by atoms with Gasteiger partial charge < -0.3 is 26.2 Å². The molecule has 40 heavy (non-hydrogen) atoms. The van der Waals surface area contributed by atoms with Gasteiger partial charge >= 0.3 is 6.18 Å². The van der Waals surface area contributed by atoms with Gasteiger partial charge in [-0.3, -0.25) is 9.59 Å². The van der Waals surface area contributed by atoms with E-state index in [4.69, 9.17) is 0 Å². The van der Waals surface area contributed by atoms with Crippen LogP contribution < -0.4 is 21.3 Å². The number of nitrogens with zero attached hydrogens (tertiary/aromatic N) is 3. The normalized spacial score (nSPS) is 19.9. The monoisotopic (exact) mass is 561 g/mol. The van der Waals surface area contributed by atoms with E-state index in [9.17, 15) is 22.8 Å². The van der Waals surface area contributed by atoms with Gasteiger partial charge in [0.1, 0.15) is 11.4 Å². The van der Waals surface area contributed by atoms with Crippen LogP contribution in [0.15, 0.2) is 30.5 Å². The first-order valence-corrected chi connectivity index (χ1v) is 14.0. The minimum absolute atomic E-state index is 0.0320. The number of aromatic nitrogens is 2. The van der Waals surface area contributed by atoms with E-state index in [1.165, 1.54) is 19.3 Å². The second-order valence-corrected chi connectivity index (χ2v) is 10.8. The number of anilines is 3. The maximum absolute atomic E-state index is 13.8. The number of hydrogen-bond acceptors (Lipinski definition) is 7. The fourth-order valence-corrected chi connectivity index (χ4v) is 5.22. The van der Waals surface area contributed by atoms with Crippen LogP contribution in [0.3, 0.4) is 0 Å². The number of hydrogen-bond donors (Lipinski definition) is 4. The van der Waals surface area contributed by atoms with Crippen LogP contribution in [0.5, 0.6) is 0 Å². The number of carbonyl (C=O) groups excluding carboxylic acids is 2. The van der Waals surface area contributed by atoms with Gasteiger partial charge in [-0.25, -0.2) is 4.98 Å². The minimum Gasteiger partial charge on any atom is -0.366 e. The van der Waals surface area contributed by atoms with E-state index >= 15 is 0 Å². The summed E-state index contributed by atoms with van der Waals surface area (Å²) in [5, 5.41) is 11.6. The zero-order valence-electron chi connectivity index (χ0n) is 23.0. The molecular weight excluding hydrogens is 523 g/mol.